The highest BCUT2D eigenvalue weighted by atomic mass is 32.1. The fraction of sp³-hybridized carbons (Fsp3) is 0.273. The SMILES string of the molecule is C[C@@H](NC(=O)c1csc(N2CCN(c3ccc(F)cc3)CC2)n1)c1ccccc1. The van der Waals surface area contributed by atoms with Crippen LogP contribution in [0.5, 0.6) is 0 Å². The summed E-state index contributed by atoms with van der Waals surface area (Å²) in [6, 6.07) is 16.4. The van der Waals surface area contributed by atoms with Gasteiger partial charge in [0.1, 0.15) is 11.5 Å². The number of hydrogen-bond acceptors (Lipinski definition) is 5. The van der Waals surface area contributed by atoms with Gasteiger partial charge in [0.15, 0.2) is 5.13 Å². The van der Waals surface area contributed by atoms with Crippen molar-refractivity contribution in [3.05, 3.63) is 77.1 Å². The number of aromatic nitrogens is 1. The van der Waals surface area contributed by atoms with Crippen LogP contribution in [0.15, 0.2) is 60.0 Å². The molecule has 0 bridgehead atoms. The number of nitrogens with one attached hydrogen (secondary N) is 1. The van der Waals surface area contributed by atoms with Gasteiger partial charge >= 0.3 is 0 Å². The molecule has 0 spiro atoms. The number of nitrogens with zero attached hydrogens (tertiary/aromatic N) is 3. The van der Waals surface area contributed by atoms with E-state index in [1.165, 1.54) is 23.5 Å². The van der Waals surface area contributed by atoms with E-state index in [0.29, 0.717) is 5.69 Å². The van der Waals surface area contributed by atoms with Gasteiger partial charge in [-0.25, -0.2) is 9.37 Å². The van der Waals surface area contributed by atoms with Gasteiger partial charge in [0.2, 0.25) is 0 Å². The first kappa shape index (κ1) is 19.4. The predicted octanol–water partition coefficient (Wildman–Crippen LogP) is 4.10. The maximum Gasteiger partial charge on any atom is 0.271 e. The van der Waals surface area contributed by atoms with Crippen LogP contribution in [0.3, 0.4) is 0 Å². The van der Waals surface area contributed by atoms with Crippen molar-refractivity contribution < 1.29 is 9.18 Å². The van der Waals surface area contributed by atoms with Crippen molar-refractivity contribution >= 4 is 28.1 Å². The Morgan fingerprint density at radius 1 is 1.03 bits per heavy atom. The predicted molar refractivity (Wildman–Crippen MR) is 115 cm³/mol. The van der Waals surface area contributed by atoms with Crippen LogP contribution in [0.25, 0.3) is 0 Å². The monoisotopic (exact) mass is 410 g/mol. The molecule has 5 nitrogen and oxygen atoms in total. The molecular formula is C22H23FN4OS. The van der Waals surface area contributed by atoms with Crippen molar-refractivity contribution in [1.29, 1.82) is 0 Å². The topological polar surface area (TPSA) is 48.5 Å². The molecule has 1 atom stereocenters. The van der Waals surface area contributed by atoms with Crippen molar-refractivity contribution in [2.45, 2.75) is 13.0 Å². The Morgan fingerprint density at radius 2 is 1.69 bits per heavy atom. The Labute approximate surface area is 173 Å². The van der Waals surface area contributed by atoms with E-state index in [-0.39, 0.29) is 17.8 Å². The number of anilines is 2. The molecule has 1 aromatic heterocycles. The van der Waals surface area contributed by atoms with Crippen molar-refractivity contribution in [2.75, 3.05) is 36.0 Å². The summed E-state index contributed by atoms with van der Waals surface area (Å²) in [4.78, 5) is 21.6. The highest BCUT2D eigenvalue weighted by Gasteiger charge is 2.21. The van der Waals surface area contributed by atoms with E-state index >= 15 is 0 Å². The van der Waals surface area contributed by atoms with Crippen LogP contribution in [0.4, 0.5) is 15.2 Å². The van der Waals surface area contributed by atoms with Crippen LogP contribution in [-0.2, 0) is 0 Å². The summed E-state index contributed by atoms with van der Waals surface area (Å²) in [5.41, 5.74) is 2.54. The summed E-state index contributed by atoms with van der Waals surface area (Å²) in [6.07, 6.45) is 0. The number of benzene rings is 2. The maximum atomic E-state index is 13.1. The molecule has 29 heavy (non-hydrogen) atoms. The smallest absolute Gasteiger partial charge is 0.271 e. The van der Waals surface area contributed by atoms with Gasteiger partial charge in [0.05, 0.1) is 6.04 Å². The number of thiazole rings is 1. The van der Waals surface area contributed by atoms with Crippen LogP contribution >= 0.6 is 11.3 Å². The van der Waals surface area contributed by atoms with Crippen molar-refractivity contribution in [1.82, 2.24) is 10.3 Å². The van der Waals surface area contributed by atoms with Crippen LogP contribution in [-0.4, -0.2) is 37.1 Å². The second kappa shape index (κ2) is 8.61. The molecule has 1 amide bonds. The summed E-state index contributed by atoms with van der Waals surface area (Å²) >= 11 is 1.49. The number of halogens is 1. The maximum absolute atomic E-state index is 13.1. The van der Waals surface area contributed by atoms with E-state index in [1.54, 1.807) is 0 Å². The van der Waals surface area contributed by atoms with Gasteiger partial charge in [-0.3, -0.25) is 4.79 Å². The van der Waals surface area contributed by atoms with Crippen molar-refractivity contribution in [3.8, 4) is 0 Å². The molecule has 1 fully saturated rings. The van der Waals surface area contributed by atoms with Crippen LogP contribution in [0.2, 0.25) is 0 Å². The molecule has 1 saturated heterocycles. The molecule has 150 valence electrons. The van der Waals surface area contributed by atoms with Gasteiger partial charge in [-0.2, -0.15) is 0 Å². The van der Waals surface area contributed by atoms with Crippen LogP contribution in [0, 0.1) is 5.82 Å². The molecule has 1 aliphatic heterocycles. The van der Waals surface area contributed by atoms with E-state index in [4.69, 9.17) is 0 Å². The minimum Gasteiger partial charge on any atom is -0.368 e. The molecule has 1 aliphatic rings. The normalized spacial score (nSPS) is 15.2. The summed E-state index contributed by atoms with van der Waals surface area (Å²) in [5.74, 6) is -0.378. The third-order valence-electron chi connectivity index (χ3n) is 5.11. The number of carbonyl (C=O) groups excluding carboxylic acids is 1. The second-order valence-corrected chi connectivity index (χ2v) is 7.91. The second-order valence-electron chi connectivity index (χ2n) is 7.07. The highest BCUT2D eigenvalue weighted by molar-refractivity contribution is 7.13. The van der Waals surface area contributed by atoms with E-state index < -0.39 is 0 Å². The molecule has 4 rings (SSSR count). The van der Waals surface area contributed by atoms with Gasteiger partial charge < -0.3 is 15.1 Å². The average molecular weight is 411 g/mol. The zero-order chi connectivity index (χ0) is 20.2. The van der Waals surface area contributed by atoms with Gasteiger partial charge in [-0.1, -0.05) is 30.3 Å². The van der Waals surface area contributed by atoms with Gasteiger partial charge in [-0.15, -0.1) is 11.3 Å². The van der Waals surface area contributed by atoms with Crippen molar-refractivity contribution in [3.63, 3.8) is 0 Å². The molecule has 7 heteroatoms. The Kier molecular flexibility index (Phi) is 5.76. The summed E-state index contributed by atoms with van der Waals surface area (Å²) in [6.45, 7) is 5.25. The van der Waals surface area contributed by atoms with E-state index in [0.717, 1.165) is 42.6 Å². The zero-order valence-corrected chi connectivity index (χ0v) is 17.0. The van der Waals surface area contributed by atoms with Crippen LogP contribution in [0.1, 0.15) is 29.0 Å². The Hall–Kier alpha value is -2.93. The average Bonchev–Trinajstić information content (AvgIpc) is 3.25. The molecule has 0 unspecified atom stereocenters. The molecule has 0 saturated carbocycles. The molecule has 0 aliphatic carbocycles. The lowest BCUT2D eigenvalue weighted by Crippen LogP contribution is -2.46. The molecule has 0 radical (unpaired) electrons. The Morgan fingerprint density at radius 3 is 2.38 bits per heavy atom. The Bertz CT molecular complexity index is 952. The van der Waals surface area contributed by atoms with E-state index in [2.05, 4.69) is 20.1 Å². The lowest BCUT2D eigenvalue weighted by Gasteiger charge is -2.36. The summed E-state index contributed by atoms with van der Waals surface area (Å²) in [7, 11) is 0. The number of carbonyl (C=O) groups is 1. The fourth-order valence-corrected chi connectivity index (χ4v) is 4.28. The molecule has 2 aromatic carbocycles. The molecule has 1 N–H and O–H groups in total. The fourth-order valence-electron chi connectivity index (χ4n) is 3.42. The Balaban J connectivity index is 1.34. The third kappa shape index (κ3) is 4.56. The first-order valence-corrected chi connectivity index (χ1v) is 10.5. The van der Waals surface area contributed by atoms with E-state index in [9.17, 15) is 9.18 Å². The summed E-state index contributed by atoms with van der Waals surface area (Å²) < 4.78 is 13.1. The number of hydrogen-bond donors (Lipinski definition) is 1. The van der Waals surface area contributed by atoms with E-state index in [1.807, 2.05) is 54.8 Å². The first-order chi connectivity index (χ1) is 14.1. The largest absolute Gasteiger partial charge is 0.368 e. The first-order valence-electron chi connectivity index (χ1n) is 9.67. The quantitative estimate of drug-likeness (QED) is 0.688. The van der Waals surface area contributed by atoms with Crippen molar-refractivity contribution in [2.24, 2.45) is 0 Å². The number of rotatable bonds is 5. The minimum absolute atomic E-state index is 0.0758. The lowest BCUT2D eigenvalue weighted by atomic mass is 10.1. The van der Waals surface area contributed by atoms with Gasteiger partial charge in [0, 0.05) is 37.2 Å². The minimum atomic E-state index is -0.220. The van der Waals surface area contributed by atoms with Gasteiger partial charge in [0.25, 0.3) is 5.91 Å². The van der Waals surface area contributed by atoms with Crippen LogP contribution < -0.4 is 15.1 Å². The molecule has 2 heterocycles. The standard InChI is InChI=1S/C22H23FN4OS/c1-16(17-5-3-2-4-6-17)24-21(28)20-15-29-22(25-20)27-13-11-26(12-14-27)19-9-7-18(23)8-10-19/h2-10,15-16H,11-14H2,1H3,(H,24,28)/t16-/m1/s1. The highest BCUT2D eigenvalue weighted by Crippen LogP contribution is 2.24. The number of piperazine rings is 1. The number of amides is 1. The van der Waals surface area contributed by atoms with Gasteiger partial charge in [-0.05, 0) is 36.8 Å². The summed E-state index contributed by atoms with van der Waals surface area (Å²) in [5, 5.41) is 5.69. The third-order valence-corrected chi connectivity index (χ3v) is 6.02. The molecule has 3 aromatic rings. The molecular weight excluding hydrogens is 387 g/mol. The zero-order valence-electron chi connectivity index (χ0n) is 16.2. The lowest BCUT2D eigenvalue weighted by molar-refractivity contribution is 0.0935.